The number of hydrogen-bond acceptors (Lipinski definition) is 5. The van der Waals surface area contributed by atoms with Crippen molar-refractivity contribution in [3.63, 3.8) is 0 Å². The van der Waals surface area contributed by atoms with Crippen molar-refractivity contribution < 1.29 is 27.2 Å². The van der Waals surface area contributed by atoms with E-state index in [1.807, 2.05) is 0 Å². The monoisotopic (exact) mass is 424 g/mol. The maximum Gasteiger partial charge on any atom is 0.435 e. The summed E-state index contributed by atoms with van der Waals surface area (Å²) in [6.45, 7) is 1.58. The van der Waals surface area contributed by atoms with E-state index in [0.29, 0.717) is 5.76 Å². The minimum atomic E-state index is -4.55. The average molecular weight is 424 g/mol. The van der Waals surface area contributed by atoms with Crippen LogP contribution in [0.3, 0.4) is 0 Å². The number of furan rings is 1. The van der Waals surface area contributed by atoms with Gasteiger partial charge in [0, 0.05) is 31.9 Å². The molecule has 2 N–H and O–H groups in total. The van der Waals surface area contributed by atoms with Crippen LogP contribution in [0.1, 0.15) is 34.1 Å². The number of carbonyl (C=O) groups excluding carboxylic acids is 2. The van der Waals surface area contributed by atoms with Gasteiger partial charge < -0.3 is 15.1 Å². The number of anilines is 1. The van der Waals surface area contributed by atoms with E-state index in [4.69, 9.17) is 4.42 Å². The minimum absolute atomic E-state index is 0.00651. The van der Waals surface area contributed by atoms with Crippen molar-refractivity contribution in [3.05, 3.63) is 53.5 Å². The first kappa shape index (κ1) is 21.1. The number of aromatic nitrogens is 4. The Kier molecular flexibility index (Phi) is 5.94. The molecule has 3 aromatic rings. The quantitative estimate of drug-likeness (QED) is 0.606. The summed E-state index contributed by atoms with van der Waals surface area (Å²) in [5.41, 5.74) is -0.530. The van der Waals surface area contributed by atoms with E-state index in [-0.39, 0.29) is 36.6 Å². The fourth-order valence-corrected chi connectivity index (χ4v) is 2.71. The Labute approximate surface area is 168 Å². The summed E-state index contributed by atoms with van der Waals surface area (Å²) < 4.78 is 45.8. The van der Waals surface area contributed by atoms with E-state index >= 15 is 0 Å². The molecule has 0 spiro atoms. The Morgan fingerprint density at radius 3 is 2.67 bits per heavy atom. The molecule has 160 valence electrons. The van der Waals surface area contributed by atoms with Crippen molar-refractivity contribution in [1.82, 2.24) is 24.9 Å². The number of alkyl halides is 3. The highest BCUT2D eigenvalue weighted by Gasteiger charge is 2.34. The van der Waals surface area contributed by atoms with Gasteiger partial charge in [-0.25, -0.2) is 0 Å². The van der Waals surface area contributed by atoms with Crippen LogP contribution in [-0.4, -0.2) is 31.4 Å². The zero-order chi connectivity index (χ0) is 21.9. The van der Waals surface area contributed by atoms with E-state index in [1.54, 1.807) is 19.2 Å². The molecule has 3 rings (SSSR count). The highest BCUT2D eigenvalue weighted by molar-refractivity contribution is 6.02. The fraction of sp³-hybridized carbons (Fsp3) is 0.333. The van der Waals surface area contributed by atoms with Gasteiger partial charge in [-0.15, -0.1) is 0 Å². The maximum absolute atomic E-state index is 12.7. The number of hydrogen-bond donors (Lipinski definition) is 2. The standard InChI is InChI=1S/C18H19F3N6O3/c1-11-8-14(18(19,20)21)24-27(11)6-5-15(28)23-13-10-26(2)25-16(13)17(29)22-9-12-4-3-7-30-12/h3-4,7-8,10H,5-6,9H2,1-2H3,(H,22,29)(H,23,28). The highest BCUT2D eigenvalue weighted by atomic mass is 19.4. The molecule has 0 aliphatic rings. The van der Waals surface area contributed by atoms with Crippen LogP contribution in [0.4, 0.5) is 18.9 Å². The topological polar surface area (TPSA) is 107 Å². The summed E-state index contributed by atoms with van der Waals surface area (Å²) in [6.07, 6.45) is -1.75. The molecular formula is C18H19F3N6O3. The third kappa shape index (κ3) is 5.07. The summed E-state index contributed by atoms with van der Waals surface area (Å²) in [5, 5.41) is 12.7. The lowest BCUT2D eigenvalue weighted by Gasteiger charge is -2.07. The van der Waals surface area contributed by atoms with Crippen LogP contribution in [0.2, 0.25) is 0 Å². The normalized spacial score (nSPS) is 11.5. The van der Waals surface area contributed by atoms with Gasteiger partial charge in [0.05, 0.1) is 18.5 Å². The van der Waals surface area contributed by atoms with Gasteiger partial charge in [-0.3, -0.25) is 19.0 Å². The van der Waals surface area contributed by atoms with Crippen LogP contribution in [0.15, 0.2) is 35.1 Å². The molecule has 9 nitrogen and oxygen atoms in total. The first-order valence-electron chi connectivity index (χ1n) is 8.89. The van der Waals surface area contributed by atoms with Gasteiger partial charge in [-0.2, -0.15) is 23.4 Å². The fourth-order valence-electron chi connectivity index (χ4n) is 2.71. The Bertz CT molecular complexity index is 1040. The van der Waals surface area contributed by atoms with Gasteiger partial charge >= 0.3 is 6.18 Å². The summed E-state index contributed by atoms with van der Waals surface area (Å²) >= 11 is 0. The van der Waals surface area contributed by atoms with Gasteiger partial charge in [0.25, 0.3) is 5.91 Å². The molecule has 0 fully saturated rings. The number of aryl methyl sites for hydroxylation is 3. The lowest BCUT2D eigenvalue weighted by atomic mass is 10.3. The molecule has 0 aromatic carbocycles. The van der Waals surface area contributed by atoms with Gasteiger partial charge in [-0.1, -0.05) is 0 Å². The zero-order valence-electron chi connectivity index (χ0n) is 16.2. The molecule has 2 amide bonds. The van der Waals surface area contributed by atoms with Crippen molar-refractivity contribution in [2.45, 2.75) is 32.6 Å². The summed E-state index contributed by atoms with van der Waals surface area (Å²) in [5.74, 6) is -0.454. The number of nitrogens with one attached hydrogen (secondary N) is 2. The molecule has 0 saturated carbocycles. The van der Waals surface area contributed by atoms with Crippen LogP contribution in [0, 0.1) is 6.92 Å². The van der Waals surface area contributed by atoms with Crippen molar-refractivity contribution in [1.29, 1.82) is 0 Å². The molecule has 0 saturated heterocycles. The molecule has 3 heterocycles. The van der Waals surface area contributed by atoms with Gasteiger partial charge in [-0.05, 0) is 25.1 Å². The second-order valence-corrected chi connectivity index (χ2v) is 6.52. The molecule has 0 atom stereocenters. The number of amides is 2. The van der Waals surface area contributed by atoms with Crippen molar-refractivity contribution in [2.75, 3.05) is 5.32 Å². The van der Waals surface area contributed by atoms with Crippen LogP contribution < -0.4 is 10.6 Å². The van der Waals surface area contributed by atoms with Crippen molar-refractivity contribution in [3.8, 4) is 0 Å². The predicted molar refractivity (Wildman–Crippen MR) is 98.3 cm³/mol. The van der Waals surface area contributed by atoms with Crippen molar-refractivity contribution >= 4 is 17.5 Å². The maximum atomic E-state index is 12.7. The van der Waals surface area contributed by atoms with Gasteiger partial charge in [0.15, 0.2) is 11.4 Å². The smallest absolute Gasteiger partial charge is 0.435 e. The number of carbonyl (C=O) groups is 2. The highest BCUT2D eigenvalue weighted by Crippen LogP contribution is 2.28. The molecule has 0 aliphatic heterocycles. The molecule has 0 bridgehead atoms. The lowest BCUT2D eigenvalue weighted by Crippen LogP contribution is -2.25. The first-order chi connectivity index (χ1) is 14.1. The summed E-state index contributed by atoms with van der Waals surface area (Å²) in [7, 11) is 1.59. The van der Waals surface area contributed by atoms with Crippen molar-refractivity contribution in [2.24, 2.45) is 7.05 Å². The first-order valence-corrected chi connectivity index (χ1v) is 8.89. The molecule has 3 aromatic heterocycles. The Morgan fingerprint density at radius 1 is 1.27 bits per heavy atom. The van der Waals surface area contributed by atoms with Crippen LogP contribution in [-0.2, 0) is 31.1 Å². The number of halogens is 3. The van der Waals surface area contributed by atoms with Crippen LogP contribution in [0.5, 0.6) is 0 Å². The molecule has 0 radical (unpaired) electrons. The van der Waals surface area contributed by atoms with E-state index in [0.717, 1.165) is 10.7 Å². The number of nitrogens with zero attached hydrogens (tertiary/aromatic N) is 4. The minimum Gasteiger partial charge on any atom is -0.467 e. The predicted octanol–water partition coefficient (Wildman–Crippen LogP) is 2.50. The van der Waals surface area contributed by atoms with E-state index in [2.05, 4.69) is 20.8 Å². The Balaban J connectivity index is 1.60. The van der Waals surface area contributed by atoms with Crippen LogP contribution >= 0.6 is 0 Å². The summed E-state index contributed by atoms with van der Waals surface area (Å²) in [4.78, 5) is 24.6. The Hall–Kier alpha value is -3.57. The number of rotatable bonds is 7. The second-order valence-electron chi connectivity index (χ2n) is 6.52. The zero-order valence-corrected chi connectivity index (χ0v) is 16.2. The third-order valence-corrected chi connectivity index (χ3v) is 4.14. The van der Waals surface area contributed by atoms with E-state index in [1.165, 1.54) is 24.1 Å². The average Bonchev–Trinajstić information content (AvgIpc) is 3.38. The summed E-state index contributed by atoms with van der Waals surface area (Å²) in [6, 6.07) is 4.30. The van der Waals surface area contributed by atoms with Gasteiger partial charge in [0.2, 0.25) is 5.91 Å². The third-order valence-electron chi connectivity index (χ3n) is 4.14. The second kappa shape index (κ2) is 8.43. The SMILES string of the molecule is Cc1cc(C(F)(F)F)nn1CCC(=O)Nc1cn(C)nc1C(=O)NCc1ccco1. The van der Waals surface area contributed by atoms with E-state index < -0.39 is 23.7 Å². The molecule has 30 heavy (non-hydrogen) atoms. The Morgan fingerprint density at radius 2 is 2.03 bits per heavy atom. The molecule has 12 heteroatoms. The molecule has 0 unspecified atom stereocenters. The van der Waals surface area contributed by atoms with Gasteiger partial charge in [0.1, 0.15) is 5.76 Å². The van der Waals surface area contributed by atoms with Crippen LogP contribution in [0.25, 0.3) is 0 Å². The lowest BCUT2D eigenvalue weighted by molar-refractivity contribution is -0.141. The van der Waals surface area contributed by atoms with E-state index in [9.17, 15) is 22.8 Å². The largest absolute Gasteiger partial charge is 0.467 e. The molecular weight excluding hydrogens is 405 g/mol. The molecule has 0 aliphatic carbocycles.